The molecule has 0 N–H and O–H groups in total. The minimum atomic E-state index is 1.21. The molecule has 12 heavy (non-hydrogen) atoms. The molecule has 0 aliphatic rings. The molecule has 1 nitrogen and oxygen atoms in total. The van der Waals surface area contributed by atoms with E-state index in [0.717, 1.165) is 0 Å². The zero-order valence-corrected chi connectivity index (χ0v) is 9.39. The van der Waals surface area contributed by atoms with E-state index in [1.165, 1.54) is 5.57 Å². The maximum absolute atomic E-state index is 3.55. The van der Waals surface area contributed by atoms with Gasteiger partial charge in [-0.2, -0.15) is 0 Å². The Morgan fingerprint density at radius 1 is 1.17 bits per heavy atom. The second-order valence-corrected chi connectivity index (χ2v) is 1.53. The number of nitrogens with zero attached hydrogens (tertiary/aromatic N) is 1. The van der Waals surface area contributed by atoms with Gasteiger partial charge in [0.1, 0.15) is 0 Å². The van der Waals surface area contributed by atoms with Crippen LogP contribution in [0, 0.1) is 0 Å². The summed E-state index contributed by atoms with van der Waals surface area (Å²) < 4.78 is 0. The van der Waals surface area contributed by atoms with E-state index in [0.29, 0.717) is 0 Å². The lowest BCUT2D eigenvalue weighted by atomic mass is 10.3. The molecular formula is C11H23N. The van der Waals surface area contributed by atoms with Gasteiger partial charge in [0.25, 0.3) is 0 Å². The molecular weight excluding hydrogens is 146 g/mol. The second-order valence-electron chi connectivity index (χ2n) is 1.53. The Morgan fingerprint density at radius 3 is 1.83 bits per heavy atom. The number of rotatable bonds is 2. The van der Waals surface area contributed by atoms with Gasteiger partial charge in [0.05, 0.1) is 0 Å². The molecule has 0 rings (SSSR count). The third kappa shape index (κ3) is 22.9. The first kappa shape index (κ1) is 17.3. The number of allylic oxidation sites excluding steroid dienone is 3. The molecule has 0 amide bonds. The predicted octanol–water partition coefficient (Wildman–Crippen LogP) is 4.22. The summed E-state index contributed by atoms with van der Waals surface area (Å²) in [7, 11) is 0. The van der Waals surface area contributed by atoms with Crippen LogP contribution in [-0.2, 0) is 0 Å². The monoisotopic (exact) mass is 169 g/mol. The summed E-state index contributed by atoms with van der Waals surface area (Å²) in [5, 5.41) is 0. The van der Waals surface area contributed by atoms with E-state index in [4.69, 9.17) is 0 Å². The molecule has 0 atom stereocenters. The van der Waals surface area contributed by atoms with Gasteiger partial charge in [0.2, 0.25) is 0 Å². The largest absolute Gasteiger partial charge is 0.273 e. The van der Waals surface area contributed by atoms with Crippen LogP contribution in [0.3, 0.4) is 0 Å². The van der Waals surface area contributed by atoms with E-state index >= 15 is 0 Å². The van der Waals surface area contributed by atoms with Crippen molar-refractivity contribution in [1.29, 1.82) is 0 Å². The molecule has 0 aromatic rings. The van der Waals surface area contributed by atoms with Gasteiger partial charge in [-0.3, -0.25) is 4.99 Å². The number of hydrogen-bond donors (Lipinski definition) is 0. The third-order valence-corrected chi connectivity index (χ3v) is 0.898. The van der Waals surface area contributed by atoms with E-state index in [1.54, 1.807) is 6.20 Å². The van der Waals surface area contributed by atoms with Gasteiger partial charge in [-0.15, -0.1) is 0 Å². The average molecular weight is 169 g/mol. The zero-order chi connectivity index (χ0) is 10.4. The van der Waals surface area contributed by atoms with Crippen molar-refractivity contribution in [2.45, 2.75) is 41.5 Å². The summed E-state index contributed by atoms with van der Waals surface area (Å²) in [5.74, 6) is 0. The zero-order valence-electron chi connectivity index (χ0n) is 9.39. The molecule has 72 valence electrons. The minimum Gasteiger partial charge on any atom is -0.273 e. The molecule has 0 heterocycles. The normalized spacial score (nSPS) is 9.33. The first-order chi connectivity index (χ1) is 5.81. The maximum atomic E-state index is 3.55. The Bertz CT molecular complexity index is 121. The Labute approximate surface area is 77.9 Å². The summed E-state index contributed by atoms with van der Waals surface area (Å²) in [6.45, 7) is 15.3. The van der Waals surface area contributed by atoms with Gasteiger partial charge in [-0.25, -0.2) is 0 Å². The van der Waals surface area contributed by atoms with Gasteiger partial charge < -0.3 is 0 Å². The lowest BCUT2D eigenvalue weighted by Crippen LogP contribution is -1.61. The van der Waals surface area contributed by atoms with Gasteiger partial charge >= 0.3 is 0 Å². The summed E-state index contributed by atoms with van der Waals surface area (Å²) in [6.07, 6.45) is 5.60. The predicted molar refractivity (Wildman–Crippen MR) is 60.8 cm³/mol. The lowest BCUT2D eigenvalue weighted by Gasteiger charge is -1.81. The Balaban J connectivity index is -0.000000175. The van der Waals surface area contributed by atoms with E-state index in [1.807, 2.05) is 53.7 Å². The third-order valence-electron chi connectivity index (χ3n) is 0.898. The van der Waals surface area contributed by atoms with Crippen LogP contribution >= 0.6 is 0 Å². The van der Waals surface area contributed by atoms with Crippen molar-refractivity contribution in [3.05, 3.63) is 23.9 Å². The molecule has 0 aromatic carbocycles. The highest BCUT2D eigenvalue weighted by atomic mass is 14.6. The van der Waals surface area contributed by atoms with Crippen LogP contribution in [0.15, 0.2) is 28.9 Å². The van der Waals surface area contributed by atoms with Gasteiger partial charge in [-0.1, -0.05) is 39.3 Å². The quantitative estimate of drug-likeness (QED) is 0.433. The van der Waals surface area contributed by atoms with Crippen molar-refractivity contribution in [3.8, 4) is 0 Å². The topological polar surface area (TPSA) is 12.4 Å². The van der Waals surface area contributed by atoms with Crippen LogP contribution < -0.4 is 0 Å². The fourth-order valence-electron chi connectivity index (χ4n) is 0.266. The molecule has 0 unspecified atom stereocenters. The van der Waals surface area contributed by atoms with Gasteiger partial charge in [-0.05, 0) is 26.6 Å². The SMILES string of the molecule is C=N/C=C\C(C)=C/C.CC.CC. The van der Waals surface area contributed by atoms with Crippen molar-refractivity contribution in [3.63, 3.8) is 0 Å². The molecule has 0 aromatic heterocycles. The maximum Gasteiger partial charge on any atom is 0.0263 e. The highest BCUT2D eigenvalue weighted by Crippen LogP contribution is 1.92. The molecule has 0 aliphatic carbocycles. The Morgan fingerprint density at radius 2 is 1.58 bits per heavy atom. The highest BCUT2D eigenvalue weighted by molar-refractivity contribution is 5.27. The molecule has 0 bridgehead atoms. The van der Waals surface area contributed by atoms with Crippen molar-refractivity contribution in [2.24, 2.45) is 4.99 Å². The molecule has 0 spiro atoms. The minimum absolute atomic E-state index is 1.21. The van der Waals surface area contributed by atoms with E-state index in [2.05, 4.69) is 11.7 Å². The Kier molecular flexibility index (Phi) is 32.4. The summed E-state index contributed by atoms with van der Waals surface area (Å²) in [6, 6.07) is 0. The van der Waals surface area contributed by atoms with Crippen LogP contribution in [0.2, 0.25) is 0 Å². The van der Waals surface area contributed by atoms with Crippen molar-refractivity contribution in [1.82, 2.24) is 0 Å². The molecule has 0 saturated heterocycles. The summed E-state index contributed by atoms with van der Waals surface area (Å²) in [5.41, 5.74) is 1.21. The average Bonchev–Trinajstić information content (AvgIpc) is 2.20. The standard InChI is InChI=1S/C7H11N.2C2H6/c1-4-7(2)5-6-8-3;2*1-2/h4-6H,3H2,1-2H3;2*1-2H3/b6-5-,7-4-;;. The number of aliphatic imine (C=N–C) groups is 1. The molecule has 0 fully saturated rings. The first-order valence-electron chi connectivity index (χ1n) is 4.56. The molecule has 0 radical (unpaired) electrons. The highest BCUT2D eigenvalue weighted by Gasteiger charge is 1.71. The fraction of sp³-hybridized carbons (Fsp3) is 0.545. The molecule has 0 aliphatic heterocycles. The van der Waals surface area contributed by atoms with Crippen molar-refractivity contribution in [2.75, 3.05) is 0 Å². The van der Waals surface area contributed by atoms with E-state index < -0.39 is 0 Å². The first-order valence-corrected chi connectivity index (χ1v) is 4.56. The lowest BCUT2D eigenvalue weighted by molar-refractivity contribution is 1.45. The summed E-state index contributed by atoms with van der Waals surface area (Å²) in [4.78, 5) is 3.55. The second kappa shape index (κ2) is 22.5. The molecule has 1 heteroatoms. The van der Waals surface area contributed by atoms with Crippen LogP contribution in [0.4, 0.5) is 0 Å². The van der Waals surface area contributed by atoms with Crippen LogP contribution in [0.1, 0.15) is 41.5 Å². The van der Waals surface area contributed by atoms with Crippen LogP contribution in [0.5, 0.6) is 0 Å². The van der Waals surface area contributed by atoms with E-state index in [9.17, 15) is 0 Å². The van der Waals surface area contributed by atoms with Crippen molar-refractivity contribution < 1.29 is 0 Å². The van der Waals surface area contributed by atoms with E-state index in [-0.39, 0.29) is 0 Å². The fourth-order valence-corrected chi connectivity index (χ4v) is 0.266. The van der Waals surface area contributed by atoms with Crippen LogP contribution in [-0.4, -0.2) is 6.72 Å². The van der Waals surface area contributed by atoms with Crippen molar-refractivity contribution >= 4 is 6.72 Å². The smallest absolute Gasteiger partial charge is 0.0263 e. The molecule has 0 saturated carbocycles. The Hall–Kier alpha value is -0.850. The van der Waals surface area contributed by atoms with Gasteiger partial charge in [0.15, 0.2) is 0 Å². The number of hydrogen-bond acceptors (Lipinski definition) is 1. The van der Waals surface area contributed by atoms with Crippen LogP contribution in [0.25, 0.3) is 0 Å². The van der Waals surface area contributed by atoms with Gasteiger partial charge in [0, 0.05) is 6.20 Å². The summed E-state index contributed by atoms with van der Waals surface area (Å²) >= 11 is 0.